The van der Waals surface area contributed by atoms with E-state index in [0.29, 0.717) is 55.2 Å². The highest BCUT2D eigenvalue weighted by atomic mass is 32.2. The van der Waals surface area contributed by atoms with Gasteiger partial charge in [0.05, 0.1) is 24.6 Å². The summed E-state index contributed by atoms with van der Waals surface area (Å²) in [5.74, 6) is 1.56. The van der Waals surface area contributed by atoms with Crippen molar-refractivity contribution < 1.29 is 43.1 Å². The zero-order valence-corrected chi connectivity index (χ0v) is 36.9. The molecule has 3 heterocycles. The maximum atomic E-state index is 11.5. The van der Waals surface area contributed by atoms with Crippen molar-refractivity contribution in [2.24, 2.45) is 0 Å². The SMILES string of the molecule is CC(C)(c1ccc(OCCCCCCCCOCCCCNc2cccc3c2C(O)N(C2CCC(O)NC2O)C3O)cc1)c1ccc(OCc2ccnc(NS(C)(=O)=O)n2)cc1. The van der Waals surface area contributed by atoms with Gasteiger partial charge in [0.15, 0.2) is 0 Å². The van der Waals surface area contributed by atoms with Gasteiger partial charge in [-0.05, 0) is 86.1 Å². The Morgan fingerprint density at radius 3 is 2.06 bits per heavy atom. The fourth-order valence-corrected chi connectivity index (χ4v) is 8.49. The number of aromatic nitrogens is 2. The van der Waals surface area contributed by atoms with E-state index in [-0.39, 0.29) is 18.0 Å². The minimum Gasteiger partial charge on any atom is -0.494 e. The fraction of sp³-hybridized carbons (Fsp3) is 0.522. The van der Waals surface area contributed by atoms with Gasteiger partial charge in [-0.15, -0.1) is 0 Å². The fourth-order valence-electron chi connectivity index (χ4n) is 8.06. The lowest BCUT2D eigenvalue weighted by molar-refractivity contribution is -0.158. The summed E-state index contributed by atoms with van der Waals surface area (Å²) in [4.78, 5) is 9.65. The number of nitrogens with zero attached hydrogens (tertiary/aromatic N) is 3. The Morgan fingerprint density at radius 1 is 0.774 bits per heavy atom. The van der Waals surface area contributed by atoms with Crippen molar-refractivity contribution in [1.82, 2.24) is 20.2 Å². The van der Waals surface area contributed by atoms with Crippen molar-refractivity contribution in [1.29, 1.82) is 0 Å². The standard InChI is InChI=1S/C46H64N6O9S/c1-46(2,33-17-21-36(22-18-33)61-31-34-25-27-48-45(49-34)51-62(3,57)58)32-15-19-35(20-16-32)60-30-10-7-5-4-6-9-28-59-29-11-8-26-47-38-14-12-13-37-41(38)44(56)52(43(37)55)39-23-24-40(53)50-42(39)54/h12-22,25,27,39-40,42-44,47,50,53-56H,4-11,23-24,26,28-31H2,1-3H3,(H,48,49,51). The molecule has 3 aromatic carbocycles. The largest absolute Gasteiger partial charge is 0.494 e. The summed E-state index contributed by atoms with van der Waals surface area (Å²) in [6.45, 7) is 7.40. The van der Waals surface area contributed by atoms with Gasteiger partial charge in [0.25, 0.3) is 0 Å². The molecule has 7 N–H and O–H groups in total. The minimum absolute atomic E-state index is 0.0108. The number of aliphatic hydroxyl groups excluding tert-OH is 4. The monoisotopic (exact) mass is 876 g/mol. The van der Waals surface area contributed by atoms with Gasteiger partial charge < -0.3 is 40.0 Å². The number of hydrogen-bond donors (Lipinski definition) is 7. The van der Waals surface area contributed by atoms with Crippen molar-refractivity contribution in [3.63, 3.8) is 0 Å². The normalized spacial score (nSPS) is 20.5. The molecule has 5 unspecified atom stereocenters. The molecule has 4 aromatic rings. The third-order valence-electron chi connectivity index (χ3n) is 11.6. The maximum absolute atomic E-state index is 11.5. The molecule has 16 heteroatoms. The molecule has 5 atom stereocenters. The van der Waals surface area contributed by atoms with E-state index in [1.807, 2.05) is 36.4 Å². The highest BCUT2D eigenvalue weighted by molar-refractivity contribution is 7.92. The average Bonchev–Trinajstić information content (AvgIpc) is 3.50. The quantitative estimate of drug-likeness (QED) is 0.0399. The van der Waals surface area contributed by atoms with Gasteiger partial charge in [-0.2, -0.15) is 0 Å². The second kappa shape index (κ2) is 22.3. The van der Waals surface area contributed by atoms with Crippen LogP contribution in [0.15, 0.2) is 79.0 Å². The zero-order valence-electron chi connectivity index (χ0n) is 36.1. The highest BCUT2D eigenvalue weighted by Gasteiger charge is 2.45. The van der Waals surface area contributed by atoms with Gasteiger partial charge in [0, 0.05) is 48.2 Å². The van der Waals surface area contributed by atoms with Crippen LogP contribution in [-0.4, -0.2) is 94.8 Å². The van der Waals surface area contributed by atoms with Crippen molar-refractivity contribution >= 4 is 21.7 Å². The summed E-state index contributed by atoms with van der Waals surface area (Å²) in [6.07, 6.45) is 7.92. The molecule has 2 aliphatic heterocycles. The number of nitrogens with one attached hydrogen (secondary N) is 3. The second-order valence-corrected chi connectivity index (χ2v) is 18.4. The number of aliphatic hydroxyl groups is 4. The molecule has 62 heavy (non-hydrogen) atoms. The second-order valence-electron chi connectivity index (χ2n) is 16.7. The molecule has 1 aromatic heterocycles. The van der Waals surface area contributed by atoms with Crippen LogP contribution in [0.25, 0.3) is 0 Å². The van der Waals surface area contributed by atoms with E-state index < -0.39 is 41.0 Å². The number of rotatable bonds is 24. The lowest BCUT2D eigenvalue weighted by Crippen LogP contribution is -2.57. The Kier molecular flexibility index (Phi) is 16.9. The van der Waals surface area contributed by atoms with Crippen LogP contribution in [0.5, 0.6) is 11.5 Å². The van der Waals surface area contributed by atoms with Gasteiger partial charge >= 0.3 is 0 Å². The highest BCUT2D eigenvalue weighted by Crippen LogP contribution is 2.45. The van der Waals surface area contributed by atoms with Gasteiger partial charge in [-0.25, -0.2) is 23.3 Å². The number of anilines is 2. The van der Waals surface area contributed by atoms with E-state index in [4.69, 9.17) is 14.2 Å². The van der Waals surface area contributed by atoms with Gasteiger partial charge in [-0.1, -0.05) is 75.9 Å². The van der Waals surface area contributed by atoms with E-state index in [9.17, 15) is 28.8 Å². The topological polar surface area (TPSA) is 208 Å². The summed E-state index contributed by atoms with van der Waals surface area (Å²) < 4.78 is 43.1. The lowest BCUT2D eigenvalue weighted by atomic mass is 9.78. The summed E-state index contributed by atoms with van der Waals surface area (Å²) in [7, 11) is -3.47. The third-order valence-corrected chi connectivity index (χ3v) is 12.2. The summed E-state index contributed by atoms with van der Waals surface area (Å²) in [5.41, 5.74) is 4.65. The van der Waals surface area contributed by atoms with Crippen LogP contribution in [0, 0.1) is 0 Å². The Balaban J connectivity index is 0.783. The number of sulfonamides is 1. The van der Waals surface area contributed by atoms with Crippen LogP contribution in [-0.2, 0) is 26.8 Å². The molecule has 338 valence electrons. The molecule has 0 amide bonds. The smallest absolute Gasteiger partial charge is 0.236 e. The van der Waals surface area contributed by atoms with Crippen LogP contribution in [0.2, 0.25) is 0 Å². The Hall–Kier alpha value is -4.39. The molecular weight excluding hydrogens is 813 g/mol. The van der Waals surface area contributed by atoms with E-state index in [1.54, 1.807) is 12.1 Å². The molecule has 15 nitrogen and oxygen atoms in total. The first-order chi connectivity index (χ1) is 29.8. The lowest BCUT2D eigenvalue weighted by Gasteiger charge is -2.40. The van der Waals surface area contributed by atoms with Crippen molar-refractivity contribution in [3.05, 3.63) is 107 Å². The van der Waals surface area contributed by atoms with E-state index in [0.717, 1.165) is 68.4 Å². The first-order valence-corrected chi connectivity index (χ1v) is 23.7. The molecule has 0 bridgehead atoms. The molecule has 0 saturated carbocycles. The summed E-state index contributed by atoms with van der Waals surface area (Å²) in [5, 5.41) is 48.6. The van der Waals surface area contributed by atoms with Crippen molar-refractivity contribution in [2.45, 2.75) is 121 Å². The number of benzene rings is 3. The van der Waals surface area contributed by atoms with Crippen LogP contribution in [0.4, 0.5) is 11.6 Å². The Morgan fingerprint density at radius 2 is 1.40 bits per heavy atom. The van der Waals surface area contributed by atoms with Gasteiger partial charge in [-0.3, -0.25) is 10.0 Å². The van der Waals surface area contributed by atoms with Crippen molar-refractivity contribution in [2.75, 3.05) is 42.7 Å². The minimum atomic E-state index is -3.47. The first kappa shape index (κ1) is 47.1. The molecule has 0 radical (unpaired) electrons. The number of hydrogen-bond acceptors (Lipinski definition) is 14. The maximum Gasteiger partial charge on any atom is 0.236 e. The molecular formula is C46H64N6O9S. The predicted molar refractivity (Wildman–Crippen MR) is 238 cm³/mol. The number of piperidine rings is 1. The summed E-state index contributed by atoms with van der Waals surface area (Å²) in [6, 6.07) is 23.0. The van der Waals surface area contributed by atoms with Gasteiger partial charge in [0.2, 0.25) is 16.0 Å². The molecule has 0 aliphatic carbocycles. The van der Waals surface area contributed by atoms with Gasteiger partial charge in [0.1, 0.15) is 43.0 Å². The molecule has 2 aliphatic rings. The van der Waals surface area contributed by atoms with Crippen LogP contribution >= 0.6 is 0 Å². The Labute approximate surface area is 365 Å². The van der Waals surface area contributed by atoms with E-state index in [2.05, 4.69) is 63.4 Å². The summed E-state index contributed by atoms with van der Waals surface area (Å²) >= 11 is 0. The van der Waals surface area contributed by atoms with Crippen LogP contribution in [0.1, 0.15) is 118 Å². The molecule has 1 fully saturated rings. The zero-order chi connectivity index (χ0) is 44.1. The molecule has 0 spiro atoms. The Bertz CT molecular complexity index is 2110. The number of fused-ring (bicyclic) bond motifs is 1. The van der Waals surface area contributed by atoms with E-state index in [1.165, 1.54) is 29.5 Å². The molecule has 6 rings (SSSR count). The van der Waals surface area contributed by atoms with E-state index >= 15 is 0 Å². The molecule has 1 saturated heterocycles. The first-order valence-electron chi connectivity index (χ1n) is 21.8. The number of unbranched alkanes of at least 4 members (excludes halogenated alkanes) is 6. The van der Waals surface area contributed by atoms with Crippen LogP contribution < -0.4 is 24.8 Å². The van der Waals surface area contributed by atoms with Crippen molar-refractivity contribution in [3.8, 4) is 11.5 Å². The number of ether oxygens (including phenoxy) is 3. The predicted octanol–water partition coefficient (Wildman–Crippen LogP) is 6.07. The third kappa shape index (κ3) is 13.1. The van der Waals surface area contributed by atoms with Crippen LogP contribution in [0.3, 0.4) is 0 Å². The average molecular weight is 877 g/mol.